The van der Waals surface area contributed by atoms with Crippen molar-refractivity contribution in [3.63, 3.8) is 0 Å². The molecule has 1 N–H and O–H groups in total. The molecule has 0 bridgehead atoms. The monoisotopic (exact) mass is 356 g/mol. The lowest BCUT2D eigenvalue weighted by molar-refractivity contribution is -0.122. The van der Waals surface area contributed by atoms with Crippen LogP contribution < -0.4 is 10.2 Å². The van der Waals surface area contributed by atoms with Crippen LogP contribution in [0.15, 0.2) is 54.1 Å². The molecule has 1 saturated heterocycles. The number of aryl methyl sites for hydroxylation is 1. The Kier molecular flexibility index (Phi) is 4.46. The van der Waals surface area contributed by atoms with Crippen molar-refractivity contribution in [2.75, 3.05) is 4.90 Å². The summed E-state index contributed by atoms with van der Waals surface area (Å²) in [6.07, 6.45) is 1.55. The highest BCUT2D eigenvalue weighted by Crippen LogP contribution is 2.24. The maximum atomic E-state index is 12.8. The molecule has 0 aromatic heterocycles. The zero-order chi connectivity index (χ0) is 17.3. The van der Waals surface area contributed by atoms with Crippen LogP contribution in [0, 0.1) is 6.92 Å². The number of hydrogen-bond acceptors (Lipinski definition) is 3. The lowest BCUT2D eigenvalue weighted by Crippen LogP contribution is -2.54. The SMILES string of the molecule is Cc1ccc(/C=C2\C(=O)NC(=S)N(c3cccc(Cl)c3)C2=O)cc1. The first-order chi connectivity index (χ1) is 11.5. The van der Waals surface area contributed by atoms with Gasteiger partial charge >= 0.3 is 0 Å². The minimum Gasteiger partial charge on any atom is -0.298 e. The van der Waals surface area contributed by atoms with Gasteiger partial charge in [0.05, 0.1) is 5.69 Å². The Labute approximate surface area is 149 Å². The van der Waals surface area contributed by atoms with Gasteiger partial charge in [-0.2, -0.15) is 0 Å². The van der Waals surface area contributed by atoms with E-state index in [1.807, 2.05) is 31.2 Å². The lowest BCUT2D eigenvalue weighted by Gasteiger charge is -2.29. The fraction of sp³-hybridized carbons (Fsp3) is 0.0556. The third-order valence-corrected chi connectivity index (χ3v) is 4.08. The molecule has 0 unspecified atom stereocenters. The summed E-state index contributed by atoms with van der Waals surface area (Å²) in [4.78, 5) is 26.3. The largest absolute Gasteiger partial charge is 0.298 e. The predicted octanol–water partition coefficient (Wildman–Crippen LogP) is 3.48. The van der Waals surface area contributed by atoms with E-state index in [0.717, 1.165) is 11.1 Å². The predicted molar refractivity (Wildman–Crippen MR) is 98.8 cm³/mol. The second kappa shape index (κ2) is 6.55. The van der Waals surface area contributed by atoms with Gasteiger partial charge in [0.2, 0.25) is 0 Å². The van der Waals surface area contributed by atoms with Crippen LogP contribution in [0.2, 0.25) is 5.02 Å². The Morgan fingerprint density at radius 1 is 1.12 bits per heavy atom. The van der Waals surface area contributed by atoms with Crippen molar-refractivity contribution >= 4 is 52.5 Å². The summed E-state index contributed by atoms with van der Waals surface area (Å²) in [7, 11) is 0. The van der Waals surface area contributed by atoms with Crippen LogP contribution in [0.25, 0.3) is 6.08 Å². The van der Waals surface area contributed by atoms with Crippen molar-refractivity contribution in [2.24, 2.45) is 0 Å². The lowest BCUT2D eigenvalue weighted by atomic mass is 10.1. The molecule has 1 heterocycles. The first-order valence-corrected chi connectivity index (χ1v) is 7.98. The molecule has 0 aliphatic carbocycles. The van der Waals surface area contributed by atoms with Crippen LogP contribution in [0.3, 0.4) is 0 Å². The molecule has 0 atom stereocenters. The topological polar surface area (TPSA) is 49.4 Å². The summed E-state index contributed by atoms with van der Waals surface area (Å²) in [5.74, 6) is -0.990. The molecule has 4 nitrogen and oxygen atoms in total. The van der Waals surface area contributed by atoms with Crippen molar-refractivity contribution in [3.05, 3.63) is 70.3 Å². The molecule has 2 amide bonds. The molecule has 1 fully saturated rings. The Morgan fingerprint density at radius 3 is 2.50 bits per heavy atom. The molecule has 24 heavy (non-hydrogen) atoms. The van der Waals surface area contributed by atoms with Gasteiger partial charge in [-0.05, 0) is 49.0 Å². The minimum absolute atomic E-state index is 0.0208. The van der Waals surface area contributed by atoms with Gasteiger partial charge in [-0.25, -0.2) is 0 Å². The second-order valence-corrected chi connectivity index (χ2v) is 6.17. The van der Waals surface area contributed by atoms with Crippen molar-refractivity contribution in [1.82, 2.24) is 5.32 Å². The average Bonchev–Trinajstić information content (AvgIpc) is 2.53. The highest BCUT2D eigenvalue weighted by molar-refractivity contribution is 7.80. The number of nitrogens with one attached hydrogen (secondary N) is 1. The van der Waals surface area contributed by atoms with Gasteiger partial charge in [0.25, 0.3) is 11.8 Å². The number of hydrogen-bond donors (Lipinski definition) is 1. The van der Waals surface area contributed by atoms with Gasteiger partial charge in [0.15, 0.2) is 5.11 Å². The van der Waals surface area contributed by atoms with Crippen LogP contribution in [0.5, 0.6) is 0 Å². The Hall–Kier alpha value is -2.50. The van der Waals surface area contributed by atoms with Crippen LogP contribution in [0.4, 0.5) is 5.69 Å². The molecule has 120 valence electrons. The first-order valence-electron chi connectivity index (χ1n) is 7.19. The smallest absolute Gasteiger partial charge is 0.270 e. The van der Waals surface area contributed by atoms with E-state index in [1.165, 1.54) is 4.90 Å². The number of thiocarbonyl (C=S) groups is 1. The fourth-order valence-electron chi connectivity index (χ4n) is 2.34. The van der Waals surface area contributed by atoms with Gasteiger partial charge in [0, 0.05) is 5.02 Å². The summed E-state index contributed by atoms with van der Waals surface area (Å²) >= 11 is 11.1. The van der Waals surface area contributed by atoms with E-state index in [9.17, 15) is 9.59 Å². The van der Waals surface area contributed by atoms with E-state index in [2.05, 4.69) is 5.32 Å². The molecule has 6 heteroatoms. The number of carbonyl (C=O) groups excluding carboxylic acids is 2. The van der Waals surface area contributed by atoms with Gasteiger partial charge < -0.3 is 0 Å². The zero-order valence-electron chi connectivity index (χ0n) is 12.7. The van der Waals surface area contributed by atoms with Gasteiger partial charge in [0.1, 0.15) is 5.57 Å². The summed E-state index contributed by atoms with van der Waals surface area (Å²) in [6.45, 7) is 1.97. The Morgan fingerprint density at radius 2 is 1.83 bits per heavy atom. The molecule has 3 rings (SSSR count). The summed E-state index contributed by atoms with van der Waals surface area (Å²) < 4.78 is 0. The molecule has 0 spiro atoms. The van der Waals surface area contributed by atoms with Gasteiger partial charge in [-0.3, -0.25) is 19.8 Å². The normalized spacial score (nSPS) is 16.5. The van der Waals surface area contributed by atoms with E-state index in [1.54, 1.807) is 30.3 Å². The maximum absolute atomic E-state index is 12.8. The fourth-order valence-corrected chi connectivity index (χ4v) is 2.80. The quantitative estimate of drug-likeness (QED) is 0.509. The molecule has 0 radical (unpaired) electrons. The molecule has 1 aliphatic heterocycles. The van der Waals surface area contributed by atoms with Crippen LogP contribution >= 0.6 is 23.8 Å². The number of carbonyl (C=O) groups is 2. The number of rotatable bonds is 2. The number of nitrogens with zero attached hydrogens (tertiary/aromatic N) is 1. The average molecular weight is 357 g/mol. The number of amides is 2. The van der Waals surface area contributed by atoms with E-state index in [0.29, 0.717) is 10.7 Å². The summed E-state index contributed by atoms with van der Waals surface area (Å²) in [5, 5.41) is 3.06. The van der Waals surface area contributed by atoms with Crippen LogP contribution in [0.1, 0.15) is 11.1 Å². The first kappa shape index (κ1) is 16.4. The summed E-state index contributed by atoms with van der Waals surface area (Å²) in [6, 6.07) is 14.3. The standard InChI is InChI=1S/C18H13ClN2O2S/c1-11-5-7-12(8-6-11)9-15-16(22)20-18(24)21(17(15)23)14-4-2-3-13(19)10-14/h2-10H,1H3,(H,20,22,24)/b15-9+. The van der Waals surface area contributed by atoms with E-state index < -0.39 is 11.8 Å². The highest BCUT2D eigenvalue weighted by atomic mass is 35.5. The summed E-state index contributed by atoms with van der Waals surface area (Å²) in [5.41, 5.74) is 2.39. The molecule has 1 aliphatic rings. The minimum atomic E-state index is -0.510. The van der Waals surface area contributed by atoms with E-state index in [-0.39, 0.29) is 10.7 Å². The number of benzene rings is 2. The Bertz CT molecular complexity index is 875. The second-order valence-electron chi connectivity index (χ2n) is 5.35. The molecule has 2 aromatic rings. The van der Waals surface area contributed by atoms with Gasteiger partial charge in [-0.1, -0.05) is 47.5 Å². The highest BCUT2D eigenvalue weighted by Gasteiger charge is 2.34. The number of halogens is 1. The zero-order valence-corrected chi connectivity index (χ0v) is 14.3. The van der Waals surface area contributed by atoms with Crippen molar-refractivity contribution in [3.8, 4) is 0 Å². The molecular formula is C18H13ClN2O2S. The van der Waals surface area contributed by atoms with Crippen LogP contribution in [-0.4, -0.2) is 16.9 Å². The number of anilines is 1. The molecule has 0 saturated carbocycles. The van der Waals surface area contributed by atoms with E-state index in [4.69, 9.17) is 23.8 Å². The molecule has 2 aromatic carbocycles. The van der Waals surface area contributed by atoms with E-state index >= 15 is 0 Å². The third-order valence-electron chi connectivity index (χ3n) is 3.56. The van der Waals surface area contributed by atoms with Crippen LogP contribution in [-0.2, 0) is 9.59 Å². The maximum Gasteiger partial charge on any atom is 0.270 e. The van der Waals surface area contributed by atoms with Crippen molar-refractivity contribution in [2.45, 2.75) is 6.92 Å². The Balaban J connectivity index is 2.01. The molecular weight excluding hydrogens is 344 g/mol. The van der Waals surface area contributed by atoms with Gasteiger partial charge in [-0.15, -0.1) is 0 Å². The third kappa shape index (κ3) is 3.22. The van der Waals surface area contributed by atoms with Crippen molar-refractivity contribution < 1.29 is 9.59 Å². The van der Waals surface area contributed by atoms with Crippen molar-refractivity contribution in [1.29, 1.82) is 0 Å².